The van der Waals surface area contributed by atoms with Gasteiger partial charge >= 0.3 is 0 Å². The summed E-state index contributed by atoms with van der Waals surface area (Å²) < 4.78 is 7.28. The van der Waals surface area contributed by atoms with Crippen LogP contribution < -0.4 is 0 Å². The largest absolute Gasteiger partial charge is 0.463 e. The number of hydrogen-bond donors (Lipinski definition) is 0. The van der Waals surface area contributed by atoms with Crippen LogP contribution in [0.5, 0.6) is 0 Å². The van der Waals surface area contributed by atoms with Gasteiger partial charge in [-0.15, -0.1) is 0 Å². The summed E-state index contributed by atoms with van der Waals surface area (Å²) in [5.74, 6) is 0.818. The number of rotatable bonds is 4. The molecular weight excluding hydrogens is 364 g/mol. The molecule has 2 fully saturated rings. The molecule has 0 unspecified atom stereocenters. The zero-order valence-corrected chi connectivity index (χ0v) is 16.8. The molecule has 0 aromatic carbocycles. The lowest BCUT2D eigenvalue weighted by Crippen LogP contribution is -2.48. The van der Waals surface area contributed by atoms with Crippen molar-refractivity contribution < 1.29 is 9.21 Å². The molecule has 152 valence electrons. The number of nitrogens with zero attached hydrogens (tertiary/aromatic N) is 4. The fourth-order valence-electron chi connectivity index (χ4n) is 5.14. The first-order valence-electron chi connectivity index (χ1n) is 11.0. The van der Waals surface area contributed by atoms with E-state index in [0.717, 1.165) is 37.1 Å². The molecule has 0 radical (unpaired) electrons. The normalized spacial score (nSPS) is 18.9. The second-order valence-corrected chi connectivity index (χ2v) is 8.40. The third kappa shape index (κ3) is 3.45. The van der Waals surface area contributed by atoms with Crippen LogP contribution in [-0.2, 0) is 0 Å². The molecule has 2 saturated carbocycles. The van der Waals surface area contributed by atoms with Crippen LogP contribution in [-0.4, -0.2) is 37.5 Å². The summed E-state index contributed by atoms with van der Waals surface area (Å²) in [5, 5.41) is 4.51. The number of carbonyl (C=O) groups is 1. The Bertz CT molecular complexity index is 948. The first kappa shape index (κ1) is 18.4. The lowest BCUT2D eigenvalue weighted by Gasteiger charge is -2.41. The van der Waals surface area contributed by atoms with Crippen molar-refractivity contribution in [1.82, 2.24) is 19.5 Å². The maximum absolute atomic E-state index is 13.8. The van der Waals surface area contributed by atoms with E-state index in [4.69, 9.17) is 4.42 Å². The van der Waals surface area contributed by atoms with Gasteiger partial charge in [0.1, 0.15) is 11.3 Å². The lowest BCUT2D eigenvalue weighted by molar-refractivity contribution is 0.0450. The van der Waals surface area contributed by atoms with Gasteiger partial charge in [0.05, 0.1) is 12.5 Å². The minimum atomic E-state index is 0.0999. The van der Waals surface area contributed by atoms with Gasteiger partial charge in [0.2, 0.25) is 0 Å². The van der Waals surface area contributed by atoms with E-state index in [2.05, 4.69) is 15.0 Å². The SMILES string of the molecule is O=C(c1cnn2c(-c3ccco3)ccnc12)N(C1CCCCC1)C1CCCCC1. The minimum absolute atomic E-state index is 0.0999. The summed E-state index contributed by atoms with van der Waals surface area (Å²) >= 11 is 0. The fourth-order valence-corrected chi connectivity index (χ4v) is 5.14. The number of aromatic nitrogens is 3. The molecule has 0 atom stereocenters. The Hall–Kier alpha value is -2.63. The zero-order chi connectivity index (χ0) is 19.6. The molecule has 3 aromatic heterocycles. The molecule has 1 amide bonds. The van der Waals surface area contributed by atoms with Crippen molar-refractivity contribution in [3.8, 4) is 11.5 Å². The van der Waals surface area contributed by atoms with Gasteiger partial charge in [-0.2, -0.15) is 5.10 Å². The van der Waals surface area contributed by atoms with Gasteiger partial charge in [-0.05, 0) is 43.9 Å². The van der Waals surface area contributed by atoms with E-state index in [-0.39, 0.29) is 5.91 Å². The molecular formula is C23H28N4O2. The van der Waals surface area contributed by atoms with Crippen molar-refractivity contribution in [3.05, 3.63) is 42.4 Å². The first-order chi connectivity index (χ1) is 14.3. The van der Waals surface area contributed by atoms with E-state index in [1.165, 1.54) is 38.5 Å². The average molecular weight is 393 g/mol. The monoisotopic (exact) mass is 392 g/mol. The maximum atomic E-state index is 13.8. The molecule has 0 N–H and O–H groups in total. The number of amides is 1. The molecule has 3 heterocycles. The second kappa shape index (κ2) is 8.01. The van der Waals surface area contributed by atoms with Crippen LogP contribution in [0.3, 0.4) is 0 Å². The smallest absolute Gasteiger partial charge is 0.259 e. The number of fused-ring (bicyclic) bond motifs is 1. The molecule has 0 aliphatic heterocycles. The molecule has 0 spiro atoms. The molecule has 6 heteroatoms. The van der Waals surface area contributed by atoms with Crippen LogP contribution in [0, 0.1) is 0 Å². The van der Waals surface area contributed by atoms with E-state index in [1.807, 2.05) is 18.2 Å². The highest BCUT2D eigenvalue weighted by molar-refractivity contribution is 6.00. The van der Waals surface area contributed by atoms with E-state index in [1.54, 1.807) is 23.2 Å². The van der Waals surface area contributed by atoms with Crippen molar-refractivity contribution >= 4 is 11.6 Å². The molecule has 2 aliphatic carbocycles. The highest BCUT2D eigenvalue weighted by Gasteiger charge is 2.34. The fraction of sp³-hybridized carbons (Fsp3) is 0.522. The van der Waals surface area contributed by atoms with Crippen LogP contribution in [0.2, 0.25) is 0 Å². The average Bonchev–Trinajstić information content (AvgIpc) is 3.45. The quantitative estimate of drug-likeness (QED) is 0.620. The van der Waals surface area contributed by atoms with Crippen molar-refractivity contribution in [2.45, 2.75) is 76.3 Å². The van der Waals surface area contributed by atoms with Gasteiger partial charge in [-0.3, -0.25) is 4.79 Å². The number of carbonyl (C=O) groups excluding carboxylic acids is 1. The summed E-state index contributed by atoms with van der Waals surface area (Å²) in [6.07, 6.45) is 17.0. The van der Waals surface area contributed by atoms with Crippen LogP contribution >= 0.6 is 0 Å². The van der Waals surface area contributed by atoms with E-state index in [0.29, 0.717) is 23.3 Å². The third-order valence-electron chi connectivity index (χ3n) is 6.58. The Balaban J connectivity index is 1.53. The molecule has 0 bridgehead atoms. The summed E-state index contributed by atoms with van der Waals surface area (Å²) in [6, 6.07) is 6.32. The first-order valence-corrected chi connectivity index (χ1v) is 11.0. The number of hydrogen-bond acceptors (Lipinski definition) is 4. The van der Waals surface area contributed by atoms with Crippen LogP contribution in [0.4, 0.5) is 0 Å². The van der Waals surface area contributed by atoms with Crippen LogP contribution in [0.1, 0.15) is 74.6 Å². The van der Waals surface area contributed by atoms with Gasteiger partial charge < -0.3 is 9.32 Å². The second-order valence-electron chi connectivity index (χ2n) is 8.40. The maximum Gasteiger partial charge on any atom is 0.259 e. The Morgan fingerprint density at radius 1 is 1.00 bits per heavy atom. The topological polar surface area (TPSA) is 63.6 Å². The van der Waals surface area contributed by atoms with Gasteiger partial charge in [-0.25, -0.2) is 9.50 Å². The summed E-state index contributed by atoms with van der Waals surface area (Å²) in [7, 11) is 0. The Labute approximate surface area is 170 Å². The third-order valence-corrected chi connectivity index (χ3v) is 6.58. The summed E-state index contributed by atoms with van der Waals surface area (Å²) in [4.78, 5) is 20.6. The molecule has 6 nitrogen and oxygen atoms in total. The van der Waals surface area contributed by atoms with Crippen molar-refractivity contribution in [1.29, 1.82) is 0 Å². The Kier molecular flexibility index (Phi) is 5.08. The summed E-state index contributed by atoms with van der Waals surface area (Å²) in [5.41, 5.74) is 2.02. The molecule has 2 aliphatic rings. The minimum Gasteiger partial charge on any atom is -0.463 e. The van der Waals surface area contributed by atoms with Gasteiger partial charge in [0.15, 0.2) is 11.4 Å². The predicted molar refractivity (Wildman–Crippen MR) is 111 cm³/mol. The van der Waals surface area contributed by atoms with E-state index in [9.17, 15) is 4.79 Å². The van der Waals surface area contributed by atoms with E-state index >= 15 is 0 Å². The van der Waals surface area contributed by atoms with Crippen LogP contribution in [0.15, 0.2) is 41.3 Å². The van der Waals surface area contributed by atoms with Crippen molar-refractivity contribution in [3.63, 3.8) is 0 Å². The predicted octanol–water partition coefficient (Wildman–Crippen LogP) is 5.10. The molecule has 3 aromatic rings. The Morgan fingerprint density at radius 2 is 1.69 bits per heavy atom. The van der Waals surface area contributed by atoms with Crippen molar-refractivity contribution in [2.24, 2.45) is 0 Å². The lowest BCUT2D eigenvalue weighted by atomic mass is 9.88. The molecule has 5 rings (SSSR count). The van der Waals surface area contributed by atoms with E-state index < -0.39 is 0 Å². The van der Waals surface area contributed by atoms with Gasteiger partial charge in [-0.1, -0.05) is 38.5 Å². The zero-order valence-electron chi connectivity index (χ0n) is 16.8. The van der Waals surface area contributed by atoms with Crippen LogP contribution in [0.25, 0.3) is 17.1 Å². The standard InChI is InChI=1S/C23H28N4O2/c28-23(26(17-8-3-1-4-9-17)18-10-5-2-6-11-18)19-16-25-27-20(13-14-24-22(19)27)21-12-7-15-29-21/h7,12-18H,1-6,8-11H2. The van der Waals surface area contributed by atoms with Crippen molar-refractivity contribution in [2.75, 3.05) is 0 Å². The Morgan fingerprint density at radius 3 is 2.31 bits per heavy atom. The number of furan rings is 1. The summed E-state index contributed by atoms with van der Waals surface area (Å²) in [6.45, 7) is 0. The highest BCUT2D eigenvalue weighted by atomic mass is 16.3. The molecule has 29 heavy (non-hydrogen) atoms. The molecule has 0 saturated heterocycles. The highest BCUT2D eigenvalue weighted by Crippen LogP contribution is 2.32. The van der Waals surface area contributed by atoms with Gasteiger partial charge in [0.25, 0.3) is 5.91 Å². The van der Waals surface area contributed by atoms with Gasteiger partial charge in [0, 0.05) is 18.3 Å².